The zero-order valence-corrected chi connectivity index (χ0v) is 18.5. The molecule has 5 heteroatoms. The van der Waals surface area contributed by atoms with Gasteiger partial charge in [0, 0.05) is 19.0 Å². The van der Waals surface area contributed by atoms with Crippen molar-refractivity contribution < 1.29 is 19.0 Å². The summed E-state index contributed by atoms with van der Waals surface area (Å²) in [7, 11) is 0. The summed E-state index contributed by atoms with van der Waals surface area (Å²) < 4.78 is 17.9. The van der Waals surface area contributed by atoms with Crippen LogP contribution in [-0.2, 0) is 4.74 Å². The lowest BCUT2D eigenvalue weighted by Crippen LogP contribution is -2.44. The van der Waals surface area contributed by atoms with Crippen molar-refractivity contribution in [3.05, 3.63) is 60.2 Å². The number of benzene rings is 2. The van der Waals surface area contributed by atoms with E-state index in [2.05, 4.69) is 12.1 Å². The molecule has 5 nitrogen and oxygen atoms in total. The number of amides is 1. The Labute approximate surface area is 179 Å². The molecule has 0 radical (unpaired) electrons. The molecule has 1 amide bonds. The van der Waals surface area contributed by atoms with Gasteiger partial charge in [-0.3, -0.25) is 0 Å². The van der Waals surface area contributed by atoms with Crippen molar-refractivity contribution in [3.8, 4) is 11.5 Å². The van der Waals surface area contributed by atoms with Crippen molar-refractivity contribution in [2.75, 3.05) is 19.7 Å². The van der Waals surface area contributed by atoms with Crippen LogP contribution < -0.4 is 9.47 Å². The Kier molecular flexibility index (Phi) is 7.24. The molecule has 1 saturated heterocycles. The van der Waals surface area contributed by atoms with Crippen molar-refractivity contribution >= 4 is 6.09 Å². The minimum Gasteiger partial charge on any atom is -0.490 e. The molecule has 0 bridgehead atoms. The third-order valence-corrected chi connectivity index (χ3v) is 5.07. The van der Waals surface area contributed by atoms with E-state index in [0.29, 0.717) is 19.7 Å². The zero-order chi connectivity index (χ0) is 21.6. The lowest BCUT2D eigenvalue weighted by atomic mass is 9.88. The maximum absolute atomic E-state index is 12.7. The van der Waals surface area contributed by atoms with E-state index in [-0.39, 0.29) is 18.1 Å². The van der Waals surface area contributed by atoms with Gasteiger partial charge in [0.2, 0.25) is 0 Å². The lowest BCUT2D eigenvalue weighted by molar-refractivity contribution is 0.00553. The lowest BCUT2D eigenvalue weighted by Gasteiger charge is -2.37. The Balaban J connectivity index is 1.83. The summed E-state index contributed by atoms with van der Waals surface area (Å²) in [5.41, 5.74) is 0.593. The van der Waals surface area contributed by atoms with Crippen molar-refractivity contribution in [2.45, 2.75) is 52.2 Å². The van der Waals surface area contributed by atoms with Gasteiger partial charge in [-0.05, 0) is 58.2 Å². The second-order valence-corrected chi connectivity index (χ2v) is 8.66. The molecular weight excluding hydrogens is 378 g/mol. The third kappa shape index (κ3) is 5.91. The number of nitrogens with zero attached hydrogens (tertiary/aromatic N) is 1. The highest BCUT2D eigenvalue weighted by atomic mass is 16.6. The van der Waals surface area contributed by atoms with Gasteiger partial charge >= 0.3 is 6.09 Å². The first-order valence-electron chi connectivity index (χ1n) is 10.8. The van der Waals surface area contributed by atoms with Crippen LogP contribution in [0.25, 0.3) is 0 Å². The van der Waals surface area contributed by atoms with Gasteiger partial charge in [-0.25, -0.2) is 4.79 Å². The molecule has 2 aromatic rings. The fourth-order valence-corrected chi connectivity index (χ4v) is 3.79. The molecule has 3 rings (SSSR count). The van der Waals surface area contributed by atoms with Crippen LogP contribution in [0.15, 0.2) is 54.6 Å². The van der Waals surface area contributed by atoms with Crippen LogP contribution in [0.2, 0.25) is 0 Å². The molecule has 2 atom stereocenters. The smallest absolute Gasteiger partial charge is 0.410 e. The first kappa shape index (κ1) is 22.0. The quantitative estimate of drug-likeness (QED) is 0.598. The molecule has 0 aliphatic carbocycles. The average Bonchev–Trinajstić information content (AvgIpc) is 2.73. The van der Waals surface area contributed by atoms with Crippen molar-refractivity contribution in [1.29, 1.82) is 0 Å². The summed E-state index contributed by atoms with van der Waals surface area (Å²) in [6.45, 7) is 9.54. The maximum atomic E-state index is 12.7. The standard InChI is InChI=1S/C25H33NO4/c1-5-28-21-15-9-10-16-22(21)29-23(19-12-7-6-8-13-19)20-14-11-17-26(18-20)24(27)30-25(2,3)4/h6-10,12-13,15-16,20,23H,5,11,14,17-18H2,1-4H3/t20-,23?/m0/s1. The van der Waals surface area contributed by atoms with E-state index in [1.54, 1.807) is 0 Å². The number of carbonyl (C=O) groups is 1. The summed E-state index contributed by atoms with van der Waals surface area (Å²) in [5, 5.41) is 0. The highest BCUT2D eigenvalue weighted by Gasteiger charge is 2.34. The van der Waals surface area contributed by atoms with Gasteiger partial charge in [0.25, 0.3) is 0 Å². The highest BCUT2D eigenvalue weighted by Crippen LogP contribution is 2.37. The van der Waals surface area contributed by atoms with Crippen LogP contribution in [0, 0.1) is 5.92 Å². The van der Waals surface area contributed by atoms with Crippen LogP contribution in [0.4, 0.5) is 4.79 Å². The van der Waals surface area contributed by atoms with E-state index < -0.39 is 5.60 Å². The minimum atomic E-state index is -0.504. The summed E-state index contributed by atoms with van der Waals surface area (Å²) in [5.74, 6) is 1.62. The molecule has 1 aliphatic rings. The summed E-state index contributed by atoms with van der Waals surface area (Å²) >= 11 is 0. The molecule has 0 aromatic heterocycles. The van der Waals surface area contributed by atoms with Crippen LogP contribution in [0.5, 0.6) is 11.5 Å². The van der Waals surface area contributed by atoms with E-state index in [0.717, 1.165) is 29.9 Å². The first-order chi connectivity index (χ1) is 14.4. The fraction of sp³-hybridized carbons (Fsp3) is 0.480. The minimum absolute atomic E-state index is 0.156. The Morgan fingerprint density at radius 3 is 2.40 bits per heavy atom. The van der Waals surface area contributed by atoms with Gasteiger partial charge in [0.1, 0.15) is 11.7 Å². The molecule has 0 saturated carbocycles. The predicted molar refractivity (Wildman–Crippen MR) is 118 cm³/mol. The maximum Gasteiger partial charge on any atom is 0.410 e. The predicted octanol–water partition coefficient (Wildman–Crippen LogP) is 5.85. The number of carbonyl (C=O) groups excluding carboxylic acids is 1. The van der Waals surface area contributed by atoms with Gasteiger partial charge < -0.3 is 19.1 Å². The van der Waals surface area contributed by atoms with E-state index in [9.17, 15) is 4.79 Å². The molecule has 1 unspecified atom stereocenters. The highest BCUT2D eigenvalue weighted by molar-refractivity contribution is 5.68. The Morgan fingerprint density at radius 2 is 1.73 bits per heavy atom. The van der Waals surface area contributed by atoms with E-state index in [4.69, 9.17) is 14.2 Å². The fourth-order valence-electron chi connectivity index (χ4n) is 3.79. The van der Waals surface area contributed by atoms with Gasteiger partial charge in [-0.1, -0.05) is 42.5 Å². The number of hydrogen-bond donors (Lipinski definition) is 0. The van der Waals surface area contributed by atoms with Gasteiger partial charge in [0.15, 0.2) is 11.5 Å². The topological polar surface area (TPSA) is 48.0 Å². The normalized spacial score (nSPS) is 17.9. The zero-order valence-electron chi connectivity index (χ0n) is 18.5. The van der Waals surface area contributed by atoms with E-state index >= 15 is 0 Å². The Bertz CT molecular complexity index is 815. The van der Waals surface area contributed by atoms with Crippen molar-refractivity contribution in [2.24, 2.45) is 5.92 Å². The SMILES string of the molecule is CCOc1ccccc1OC(c1ccccc1)[C@H]1CCCN(C(=O)OC(C)(C)C)C1. The number of ether oxygens (including phenoxy) is 3. The molecule has 0 N–H and O–H groups in total. The molecule has 1 heterocycles. The van der Waals surface area contributed by atoms with Crippen molar-refractivity contribution in [3.63, 3.8) is 0 Å². The van der Waals surface area contributed by atoms with E-state index in [1.165, 1.54) is 0 Å². The summed E-state index contributed by atoms with van der Waals surface area (Å²) in [6, 6.07) is 18.0. The van der Waals surface area contributed by atoms with Crippen LogP contribution in [0.3, 0.4) is 0 Å². The van der Waals surface area contributed by atoms with Crippen LogP contribution in [-0.4, -0.2) is 36.3 Å². The molecule has 0 spiro atoms. The number of rotatable bonds is 6. The van der Waals surface area contributed by atoms with Crippen LogP contribution >= 0.6 is 0 Å². The molecule has 30 heavy (non-hydrogen) atoms. The average molecular weight is 412 g/mol. The Morgan fingerprint density at radius 1 is 1.07 bits per heavy atom. The van der Waals surface area contributed by atoms with Crippen molar-refractivity contribution in [1.82, 2.24) is 4.90 Å². The summed E-state index contributed by atoms with van der Waals surface area (Å²) in [6.07, 6.45) is 1.46. The number of hydrogen-bond acceptors (Lipinski definition) is 4. The second-order valence-electron chi connectivity index (χ2n) is 8.66. The molecule has 2 aromatic carbocycles. The van der Waals surface area contributed by atoms with Gasteiger partial charge in [-0.2, -0.15) is 0 Å². The largest absolute Gasteiger partial charge is 0.490 e. The van der Waals surface area contributed by atoms with Crippen LogP contribution in [0.1, 0.15) is 52.2 Å². The first-order valence-corrected chi connectivity index (χ1v) is 10.8. The van der Waals surface area contributed by atoms with Gasteiger partial charge in [0.05, 0.1) is 6.61 Å². The van der Waals surface area contributed by atoms with Gasteiger partial charge in [-0.15, -0.1) is 0 Å². The second kappa shape index (κ2) is 9.88. The monoisotopic (exact) mass is 411 g/mol. The number of piperidine rings is 1. The summed E-state index contributed by atoms with van der Waals surface area (Å²) in [4.78, 5) is 14.5. The number of likely N-dealkylation sites (tertiary alicyclic amines) is 1. The molecule has 162 valence electrons. The molecule has 1 fully saturated rings. The molecule has 1 aliphatic heterocycles. The van der Waals surface area contributed by atoms with E-state index in [1.807, 2.05) is 75.1 Å². The Hall–Kier alpha value is -2.69. The molecular formula is C25H33NO4. The number of para-hydroxylation sites is 2. The third-order valence-electron chi connectivity index (χ3n) is 5.07.